The van der Waals surface area contributed by atoms with Gasteiger partial charge in [0.25, 0.3) is 0 Å². The molecule has 0 aromatic heterocycles. The van der Waals surface area contributed by atoms with Gasteiger partial charge in [-0.3, -0.25) is 4.79 Å². The van der Waals surface area contributed by atoms with Gasteiger partial charge in [-0.25, -0.2) is 0 Å². The molecule has 0 aromatic carbocycles. The third kappa shape index (κ3) is 3.94. The van der Waals surface area contributed by atoms with Crippen LogP contribution >= 0.6 is 0 Å². The van der Waals surface area contributed by atoms with E-state index in [9.17, 15) is 4.79 Å². The molecule has 0 spiro atoms. The third-order valence-electron chi connectivity index (χ3n) is 3.41. The number of carbonyl (C=O) groups is 1. The minimum atomic E-state index is -0.403. The van der Waals surface area contributed by atoms with Gasteiger partial charge in [0, 0.05) is 33.3 Å². The minimum Gasteiger partial charge on any atom is -0.378 e. The lowest BCUT2D eigenvalue weighted by Crippen LogP contribution is -2.57. The standard InChI is InChI=1S/C12H25N3O2/c1-12(2,17-4)7-11(16)15-6-5-14(3)9-10(15)8-13/h10H,5-9,13H2,1-4H3. The second kappa shape index (κ2) is 5.80. The summed E-state index contributed by atoms with van der Waals surface area (Å²) in [6.45, 7) is 6.91. The molecule has 0 saturated carbocycles. The first-order valence-corrected chi connectivity index (χ1v) is 6.13. The third-order valence-corrected chi connectivity index (χ3v) is 3.41. The maximum Gasteiger partial charge on any atom is 0.225 e. The highest BCUT2D eigenvalue weighted by atomic mass is 16.5. The number of nitrogens with zero attached hydrogens (tertiary/aromatic N) is 2. The Balaban J connectivity index is 2.61. The molecule has 0 radical (unpaired) electrons. The summed E-state index contributed by atoms with van der Waals surface area (Å²) in [5, 5.41) is 0. The van der Waals surface area contributed by atoms with Crippen LogP contribution in [0.3, 0.4) is 0 Å². The second-order valence-corrected chi connectivity index (χ2v) is 5.38. The molecule has 1 heterocycles. The Hall–Kier alpha value is -0.650. The molecular formula is C12H25N3O2. The van der Waals surface area contributed by atoms with Crippen LogP contribution in [0.15, 0.2) is 0 Å². The number of methoxy groups -OCH3 is 1. The number of ether oxygens (including phenoxy) is 1. The van der Waals surface area contributed by atoms with Crippen molar-refractivity contribution in [3.05, 3.63) is 0 Å². The lowest BCUT2D eigenvalue weighted by molar-refractivity contribution is -0.140. The molecule has 1 amide bonds. The topological polar surface area (TPSA) is 58.8 Å². The van der Waals surface area contributed by atoms with Gasteiger partial charge in [0.1, 0.15) is 0 Å². The predicted octanol–water partition coefficient (Wildman–Crippen LogP) is -0.0972. The van der Waals surface area contributed by atoms with Gasteiger partial charge >= 0.3 is 0 Å². The quantitative estimate of drug-likeness (QED) is 0.749. The average molecular weight is 243 g/mol. The molecule has 0 bridgehead atoms. The Bertz CT molecular complexity index is 268. The molecule has 0 aliphatic carbocycles. The fourth-order valence-corrected chi connectivity index (χ4v) is 2.08. The molecule has 17 heavy (non-hydrogen) atoms. The average Bonchev–Trinajstić information content (AvgIpc) is 2.28. The Morgan fingerprint density at radius 1 is 1.47 bits per heavy atom. The van der Waals surface area contributed by atoms with Gasteiger partial charge in [0.2, 0.25) is 5.91 Å². The van der Waals surface area contributed by atoms with Crippen molar-refractivity contribution >= 4 is 5.91 Å². The fraction of sp³-hybridized carbons (Fsp3) is 0.917. The Kier molecular flexibility index (Phi) is 4.91. The summed E-state index contributed by atoms with van der Waals surface area (Å²) >= 11 is 0. The van der Waals surface area contributed by atoms with E-state index in [1.165, 1.54) is 0 Å². The molecule has 5 nitrogen and oxygen atoms in total. The molecule has 1 rings (SSSR count). The van der Waals surface area contributed by atoms with Crippen molar-refractivity contribution in [3.8, 4) is 0 Å². The zero-order chi connectivity index (χ0) is 13.1. The van der Waals surface area contributed by atoms with Crippen LogP contribution in [0.1, 0.15) is 20.3 Å². The molecule has 5 heteroatoms. The summed E-state index contributed by atoms with van der Waals surface area (Å²) in [4.78, 5) is 16.3. The van der Waals surface area contributed by atoms with Crippen LogP contribution in [0.5, 0.6) is 0 Å². The van der Waals surface area contributed by atoms with Gasteiger partial charge in [-0.1, -0.05) is 0 Å². The van der Waals surface area contributed by atoms with Crippen LogP contribution in [0.4, 0.5) is 0 Å². The lowest BCUT2D eigenvalue weighted by atomic mass is 10.0. The first kappa shape index (κ1) is 14.4. The van der Waals surface area contributed by atoms with Crippen LogP contribution in [0.2, 0.25) is 0 Å². The van der Waals surface area contributed by atoms with E-state index in [1.807, 2.05) is 18.7 Å². The van der Waals surface area contributed by atoms with Crippen molar-refractivity contribution < 1.29 is 9.53 Å². The van der Waals surface area contributed by atoms with Crippen molar-refractivity contribution in [2.75, 3.05) is 40.3 Å². The normalized spacial score (nSPS) is 22.9. The highest BCUT2D eigenvalue weighted by Crippen LogP contribution is 2.17. The molecule has 100 valence electrons. The molecule has 1 atom stereocenters. The Morgan fingerprint density at radius 3 is 2.65 bits per heavy atom. The Morgan fingerprint density at radius 2 is 2.12 bits per heavy atom. The second-order valence-electron chi connectivity index (χ2n) is 5.38. The monoisotopic (exact) mass is 243 g/mol. The zero-order valence-corrected chi connectivity index (χ0v) is 11.4. The number of amides is 1. The summed E-state index contributed by atoms with van der Waals surface area (Å²) in [6, 6.07) is 0.133. The maximum atomic E-state index is 12.2. The van der Waals surface area contributed by atoms with Gasteiger partial charge in [-0.2, -0.15) is 0 Å². The van der Waals surface area contributed by atoms with Crippen molar-refractivity contribution in [2.45, 2.75) is 31.9 Å². The van der Waals surface area contributed by atoms with Crippen LogP contribution in [0, 0.1) is 0 Å². The molecule has 1 aliphatic rings. The first-order valence-electron chi connectivity index (χ1n) is 6.13. The van der Waals surface area contributed by atoms with E-state index in [4.69, 9.17) is 10.5 Å². The predicted molar refractivity (Wildman–Crippen MR) is 67.8 cm³/mol. The Labute approximate surface area is 104 Å². The molecule has 1 unspecified atom stereocenters. The molecular weight excluding hydrogens is 218 g/mol. The van der Waals surface area contributed by atoms with E-state index in [2.05, 4.69) is 11.9 Å². The number of hydrogen-bond donors (Lipinski definition) is 1. The van der Waals surface area contributed by atoms with Gasteiger partial charge < -0.3 is 20.3 Å². The molecule has 1 saturated heterocycles. The summed E-state index contributed by atoms with van der Waals surface area (Å²) < 4.78 is 5.30. The molecule has 1 fully saturated rings. The van der Waals surface area contributed by atoms with E-state index in [-0.39, 0.29) is 11.9 Å². The van der Waals surface area contributed by atoms with E-state index < -0.39 is 5.60 Å². The number of piperazine rings is 1. The minimum absolute atomic E-state index is 0.133. The number of nitrogens with two attached hydrogens (primary N) is 1. The van der Waals surface area contributed by atoms with Crippen molar-refractivity contribution in [1.29, 1.82) is 0 Å². The number of hydrogen-bond acceptors (Lipinski definition) is 4. The van der Waals surface area contributed by atoms with Crippen molar-refractivity contribution in [1.82, 2.24) is 9.80 Å². The molecule has 0 aromatic rings. The van der Waals surface area contributed by atoms with Gasteiger partial charge in [-0.05, 0) is 20.9 Å². The summed E-state index contributed by atoms with van der Waals surface area (Å²) in [6.07, 6.45) is 0.406. The molecule has 1 aliphatic heterocycles. The van der Waals surface area contributed by atoms with Crippen molar-refractivity contribution in [2.24, 2.45) is 5.73 Å². The molecule has 2 N–H and O–H groups in total. The summed E-state index contributed by atoms with van der Waals surface area (Å²) in [5.74, 6) is 0.139. The van der Waals surface area contributed by atoms with Crippen LogP contribution in [-0.2, 0) is 9.53 Å². The SMILES string of the molecule is COC(C)(C)CC(=O)N1CCN(C)CC1CN. The highest BCUT2D eigenvalue weighted by Gasteiger charge is 2.31. The largest absolute Gasteiger partial charge is 0.378 e. The highest BCUT2D eigenvalue weighted by molar-refractivity contribution is 5.77. The van der Waals surface area contributed by atoms with Crippen LogP contribution < -0.4 is 5.73 Å². The first-order chi connectivity index (χ1) is 7.89. The number of rotatable bonds is 4. The van der Waals surface area contributed by atoms with E-state index in [1.54, 1.807) is 7.11 Å². The fourth-order valence-electron chi connectivity index (χ4n) is 2.08. The zero-order valence-electron chi connectivity index (χ0n) is 11.4. The lowest BCUT2D eigenvalue weighted by Gasteiger charge is -2.40. The van der Waals surface area contributed by atoms with Gasteiger partial charge in [-0.15, -0.1) is 0 Å². The number of carbonyl (C=O) groups excluding carboxylic acids is 1. The van der Waals surface area contributed by atoms with Crippen molar-refractivity contribution in [3.63, 3.8) is 0 Å². The van der Waals surface area contributed by atoms with Crippen LogP contribution in [0.25, 0.3) is 0 Å². The summed E-state index contributed by atoms with van der Waals surface area (Å²) in [5.41, 5.74) is 5.33. The van der Waals surface area contributed by atoms with E-state index >= 15 is 0 Å². The summed E-state index contributed by atoms with van der Waals surface area (Å²) in [7, 11) is 3.70. The number of likely N-dealkylation sites (N-methyl/N-ethyl adjacent to an activating group) is 1. The van der Waals surface area contributed by atoms with E-state index in [0.29, 0.717) is 13.0 Å². The van der Waals surface area contributed by atoms with E-state index in [0.717, 1.165) is 19.6 Å². The van der Waals surface area contributed by atoms with Gasteiger partial charge in [0.15, 0.2) is 0 Å². The smallest absolute Gasteiger partial charge is 0.225 e. The van der Waals surface area contributed by atoms with Gasteiger partial charge in [0.05, 0.1) is 18.1 Å². The maximum absolute atomic E-state index is 12.2. The van der Waals surface area contributed by atoms with Crippen LogP contribution in [-0.4, -0.2) is 67.7 Å².